The van der Waals surface area contributed by atoms with E-state index in [1.807, 2.05) is 0 Å². The number of carbonyl (C=O) groups excluding carboxylic acids is 2. The second-order valence-corrected chi connectivity index (χ2v) is 7.81. The number of piperidine rings is 1. The number of carbonyl (C=O) groups is 2. The summed E-state index contributed by atoms with van der Waals surface area (Å²) in [5.41, 5.74) is -0.872. The molecule has 1 saturated heterocycles. The number of alkyl carbamates (subject to hydrolysis) is 1. The number of rotatable bonds is 2. The number of nitrogens with one attached hydrogen (secondary N) is 1. The fourth-order valence-corrected chi connectivity index (χ4v) is 2.87. The Hall–Kier alpha value is -1.70. The van der Waals surface area contributed by atoms with E-state index < -0.39 is 29.2 Å². The van der Waals surface area contributed by atoms with E-state index >= 15 is 0 Å². The highest BCUT2D eigenvalue weighted by Gasteiger charge is 2.28. The largest absolute Gasteiger partial charge is 0.444 e. The molecule has 0 saturated carbocycles. The lowest BCUT2D eigenvalue weighted by Gasteiger charge is -2.33. The molecule has 0 aliphatic carbocycles. The van der Waals surface area contributed by atoms with Crippen LogP contribution in [0.25, 0.3) is 0 Å². The molecule has 1 aromatic carbocycles. The third kappa shape index (κ3) is 5.39. The maximum atomic E-state index is 13.9. The van der Waals surface area contributed by atoms with E-state index in [1.54, 1.807) is 20.8 Å². The zero-order chi connectivity index (χ0) is 18.8. The lowest BCUT2D eigenvalue weighted by atomic mass is 10.0. The summed E-state index contributed by atoms with van der Waals surface area (Å²) in [6.45, 7) is 6.02. The van der Waals surface area contributed by atoms with Crippen molar-refractivity contribution in [1.29, 1.82) is 0 Å². The Balaban J connectivity index is 1.93. The summed E-state index contributed by atoms with van der Waals surface area (Å²) in [7, 11) is 0. The van der Waals surface area contributed by atoms with Gasteiger partial charge in [-0.05, 0) is 61.7 Å². The number of hydrogen-bond donors (Lipinski definition) is 1. The van der Waals surface area contributed by atoms with Crippen LogP contribution >= 0.6 is 15.9 Å². The van der Waals surface area contributed by atoms with Crippen LogP contribution in [0.3, 0.4) is 0 Å². The summed E-state index contributed by atoms with van der Waals surface area (Å²) in [4.78, 5) is 25.6. The van der Waals surface area contributed by atoms with E-state index in [4.69, 9.17) is 4.74 Å². The van der Waals surface area contributed by atoms with Crippen LogP contribution in [-0.4, -0.2) is 41.6 Å². The molecule has 1 aliphatic rings. The van der Waals surface area contributed by atoms with Gasteiger partial charge < -0.3 is 15.0 Å². The summed E-state index contributed by atoms with van der Waals surface area (Å²) >= 11 is 2.88. The Morgan fingerprint density at radius 1 is 1.20 bits per heavy atom. The molecule has 0 spiro atoms. The Morgan fingerprint density at radius 2 is 1.80 bits per heavy atom. The first-order chi connectivity index (χ1) is 11.6. The van der Waals surface area contributed by atoms with E-state index in [1.165, 1.54) is 4.90 Å². The Labute approximate surface area is 153 Å². The highest BCUT2D eigenvalue weighted by molar-refractivity contribution is 9.10. The summed E-state index contributed by atoms with van der Waals surface area (Å²) in [5, 5.41) is 2.76. The van der Waals surface area contributed by atoms with Crippen LogP contribution in [0.2, 0.25) is 0 Å². The molecule has 1 N–H and O–H groups in total. The molecule has 0 unspecified atom stereocenters. The lowest BCUT2D eigenvalue weighted by Crippen LogP contribution is -2.47. The average Bonchev–Trinajstić information content (AvgIpc) is 2.49. The van der Waals surface area contributed by atoms with Crippen LogP contribution in [-0.2, 0) is 4.74 Å². The van der Waals surface area contributed by atoms with Crippen molar-refractivity contribution in [2.45, 2.75) is 45.3 Å². The van der Waals surface area contributed by atoms with Gasteiger partial charge in [0.05, 0.1) is 10.0 Å². The lowest BCUT2D eigenvalue weighted by molar-refractivity contribution is 0.0473. The van der Waals surface area contributed by atoms with Crippen LogP contribution in [0.4, 0.5) is 13.6 Å². The molecule has 0 atom stereocenters. The van der Waals surface area contributed by atoms with Gasteiger partial charge in [-0.15, -0.1) is 0 Å². The van der Waals surface area contributed by atoms with Gasteiger partial charge in [-0.25, -0.2) is 13.6 Å². The van der Waals surface area contributed by atoms with Gasteiger partial charge in [-0.3, -0.25) is 4.79 Å². The maximum absolute atomic E-state index is 13.9. The van der Waals surface area contributed by atoms with Crippen molar-refractivity contribution in [3.8, 4) is 0 Å². The molecule has 2 amide bonds. The molecule has 0 aromatic heterocycles. The molecule has 1 fully saturated rings. The highest BCUT2D eigenvalue weighted by Crippen LogP contribution is 2.22. The standard InChI is InChI=1S/C17H21BrF2N2O3/c1-17(2,3)25-16(24)21-10-4-6-22(7-5-10)15(23)11-8-14(20)12(18)9-13(11)19/h8-10H,4-7H2,1-3H3,(H,21,24). The SMILES string of the molecule is CC(C)(C)OC(=O)NC1CCN(C(=O)c2cc(F)c(Br)cc2F)CC1. The third-order valence-electron chi connectivity index (χ3n) is 3.74. The molecule has 0 bridgehead atoms. The van der Waals surface area contributed by atoms with Crippen molar-refractivity contribution in [3.05, 3.63) is 33.8 Å². The van der Waals surface area contributed by atoms with Gasteiger partial charge in [0.25, 0.3) is 5.91 Å². The van der Waals surface area contributed by atoms with E-state index in [2.05, 4.69) is 21.2 Å². The molecule has 2 rings (SSSR count). The minimum absolute atomic E-state index is 0.0261. The predicted molar refractivity (Wildman–Crippen MR) is 92.4 cm³/mol. The molecule has 0 radical (unpaired) electrons. The van der Waals surface area contributed by atoms with Gasteiger partial charge in [0.1, 0.15) is 17.2 Å². The summed E-state index contributed by atoms with van der Waals surface area (Å²) < 4.78 is 32.7. The van der Waals surface area contributed by atoms with E-state index in [9.17, 15) is 18.4 Å². The molecular weight excluding hydrogens is 398 g/mol. The maximum Gasteiger partial charge on any atom is 0.407 e. The fraction of sp³-hybridized carbons (Fsp3) is 0.529. The molecule has 1 heterocycles. The van der Waals surface area contributed by atoms with Gasteiger partial charge in [0, 0.05) is 19.1 Å². The summed E-state index contributed by atoms with van der Waals surface area (Å²) in [5.74, 6) is -2.02. The Kier molecular flexibility index (Phi) is 6.03. The fourth-order valence-electron chi connectivity index (χ4n) is 2.56. The predicted octanol–water partition coefficient (Wildman–Crippen LogP) is 3.86. The van der Waals surface area contributed by atoms with Crippen molar-refractivity contribution in [3.63, 3.8) is 0 Å². The first-order valence-corrected chi connectivity index (χ1v) is 8.79. The van der Waals surface area contributed by atoms with Crippen molar-refractivity contribution < 1.29 is 23.1 Å². The van der Waals surface area contributed by atoms with Gasteiger partial charge in [0.15, 0.2) is 0 Å². The quantitative estimate of drug-likeness (QED) is 0.741. The number of amides is 2. The van der Waals surface area contributed by atoms with Crippen LogP contribution in [0.5, 0.6) is 0 Å². The number of ether oxygens (including phenoxy) is 1. The zero-order valence-corrected chi connectivity index (χ0v) is 16.0. The van der Waals surface area contributed by atoms with Crippen LogP contribution in [0.1, 0.15) is 44.0 Å². The van der Waals surface area contributed by atoms with Gasteiger partial charge in [-0.2, -0.15) is 0 Å². The second-order valence-electron chi connectivity index (χ2n) is 6.96. The molecule has 5 nitrogen and oxygen atoms in total. The average molecular weight is 419 g/mol. The van der Waals surface area contributed by atoms with Gasteiger partial charge in [0.2, 0.25) is 0 Å². The smallest absolute Gasteiger partial charge is 0.407 e. The summed E-state index contributed by atoms with van der Waals surface area (Å²) in [6.07, 6.45) is 0.537. The Bertz CT molecular complexity index is 669. The van der Waals surface area contributed by atoms with E-state index in [-0.39, 0.29) is 16.1 Å². The van der Waals surface area contributed by atoms with E-state index in [0.29, 0.717) is 25.9 Å². The molecule has 25 heavy (non-hydrogen) atoms. The van der Waals surface area contributed by atoms with Crippen LogP contribution in [0.15, 0.2) is 16.6 Å². The first kappa shape index (κ1) is 19.6. The molecule has 138 valence electrons. The normalized spacial score (nSPS) is 15.8. The van der Waals surface area contributed by atoms with Gasteiger partial charge >= 0.3 is 6.09 Å². The van der Waals surface area contributed by atoms with E-state index in [0.717, 1.165) is 12.1 Å². The number of benzene rings is 1. The topological polar surface area (TPSA) is 58.6 Å². The third-order valence-corrected chi connectivity index (χ3v) is 4.35. The van der Waals surface area contributed by atoms with Crippen molar-refractivity contribution >= 4 is 27.9 Å². The number of hydrogen-bond acceptors (Lipinski definition) is 3. The molecule has 1 aliphatic heterocycles. The van der Waals surface area contributed by atoms with Gasteiger partial charge in [-0.1, -0.05) is 0 Å². The Morgan fingerprint density at radius 3 is 2.36 bits per heavy atom. The van der Waals surface area contributed by atoms with Crippen LogP contribution in [0, 0.1) is 11.6 Å². The zero-order valence-electron chi connectivity index (χ0n) is 14.4. The number of likely N-dealkylation sites (tertiary alicyclic amines) is 1. The number of nitrogens with zero attached hydrogens (tertiary/aromatic N) is 1. The van der Waals surface area contributed by atoms with Crippen LogP contribution < -0.4 is 5.32 Å². The first-order valence-electron chi connectivity index (χ1n) is 8.00. The minimum Gasteiger partial charge on any atom is -0.444 e. The number of halogens is 3. The monoisotopic (exact) mass is 418 g/mol. The molecular formula is C17H21BrF2N2O3. The minimum atomic E-state index is -0.771. The van der Waals surface area contributed by atoms with Crippen molar-refractivity contribution in [1.82, 2.24) is 10.2 Å². The summed E-state index contributed by atoms with van der Waals surface area (Å²) in [6, 6.07) is 1.72. The highest BCUT2D eigenvalue weighted by atomic mass is 79.9. The van der Waals surface area contributed by atoms with Crippen molar-refractivity contribution in [2.24, 2.45) is 0 Å². The molecule has 1 aromatic rings. The molecule has 8 heteroatoms. The second kappa shape index (κ2) is 7.68. The van der Waals surface area contributed by atoms with Crippen molar-refractivity contribution in [2.75, 3.05) is 13.1 Å².